The first kappa shape index (κ1) is 6.66. The van der Waals surface area contributed by atoms with Crippen LogP contribution in [0.3, 0.4) is 0 Å². The molecule has 1 saturated carbocycles. The predicted molar refractivity (Wildman–Crippen MR) is 40.9 cm³/mol. The first-order valence-electron chi connectivity index (χ1n) is 4.55. The molecule has 2 fully saturated rings. The Labute approximate surface area is 62.8 Å². The van der Waals surface area contributed by atoms with Gasteiger partial charge in [0.2, 0.25) is 0 Å². The van der Waals surface area contributed by atoms with E-state index in [0.29, 0.717) is 12.2 Å². The third-order valence-corrected chi connectivity index (χ3v) is 2.81. The molecule has 2 unspecified atom stereocenters. The summed E-state index contributed by atoms with van der Waals surface area (Å²) in [4.78, 5) is 0. The molecule has 1 aliphatic carbocycles. The van der Waals surface area contributed by atoms with Gasteiger partial charge in [-0.2, -0.15) is 0 Å². The van der Waals surface area contributed by atoms with E-state index in [1.54, 1.807) is 0 Å². The van der Waals surface area contributed by atoms with E-state index < -0.39 is 0 Å². The van der Waals surface area contributed by atoms with Crippen molar-refractivity contribution in [3.8, 4) is 0 Å². The molecule has 1 saturated heterocycles. The van der Waals surface area contributed by atoms with Crippen molar-refractivity contribution in [3.63, 3.8) is 0 Å². The number of epoxide rings is 1. The lowest BCUT2D eigenvalue weighted by molar-refractivity contribution is 0.350. The maximum absolute atomic E-state index is 5.45. The molecule has 58 valence electrons. The molecule has 0 aromatic carbocycles. The summed E-state index contributed by atoms with van der Waals surface area (Å²) in [6.07, 6.45) is 8.27. The minimum atomic E-state index is 0.685. The highest BCUT2D eigenvalue weighted by Gasteiger charge is 2.43. The van der Waals surface area contributed by atoms with Crippen LogP contribution in [-0.2, 0) is 4.74 Å². The van der Waals surface area contributed by atoms with Gasteiger partial charge in [0, 0.05) is 0 Å². The van der Waals surface area contributed by atoms with Crippen molar-refractivity contribution in [2.45, 2.75) is 51.2 Å². The van der Waals surface area contributed by atoms with Crippen LogP contribution in [0, 0.1) is 5.92 Å². The van der Waals surface area contributed by atoms with E-state index in [2.05, 4.69) is 6.92 Å². The molecular weight excluding hydrogens is 124 g/mol. The van der Waals surface area contributed by atoms with Gasteiger partial charge in [0.1, 0.15) is 0 Å². The number of ether oxygens (including phenoxy) is 1. The monoisotopic (exact) mass is 140 g/mol. The highest BCUT2D eigenvalue weighted by molar-refractivity contribution is 4.91. The Kier molecular flexibility index (Phi) is 1.69. The second-order valence-corrected chi connectivity index (χ2v) is 3.68. The maximum Gasteiger partial charge on any atom is 0.0844 e. The third-order valence-electron chi connectivity index (χ3n) is 2.81. The van der Waals surface area contributed by atoms with E-state index in [4.69, 9.17) is 4.74 Å². The minimum absolute atomic E-state index is 0.685. The lowest BCUT2D eigenvalue weighted by Crippen LogP contribution is -2.12. The smallest absolute Gasteiger partial charge is 0.0844 e. The zero-order valence-corrected chi connectivity index (χ0v) is 6.68. The van der Waals surface area contributed by atoms with Gasteiger partial charge in [-0.05, 0) is 25.2 Å². The van der Waals surface area contributed by atoms with Crippen molar-refractivity contribution >= 4 is 0 Å². The molecular formula is C9H16O. The topological polar surface area (TPSA) is 12.5 Å². The van der Waals surface area contributed by atoms with Gasteiger partial charge in [0.05, 0.1) is 12.2 Å². The molecule has 0 spiro atoms. The Morgan fingerprint density at radius 3 is 2.90 bits per heavy atom. The molecule has 0 bridgehead atoms. The van der Waals surface area contributed by atoms with Crippen LogP contribution in [0.25, 0.3) is 0 Å². The third kappa shape index (κ3) is 1.20. The molecule has 2 rings (SSSR count). The van der Waals surface area contributed by atoms with Crippen molar-refractivity contribution in [3.05, 3.63) is 0 Å². The summed E-state index contributed by atoms with van der Waals surface area (Å²) < 4.78 is 5.45. The lowest BCUT2D eigenvalue weighted by atomic mass is 9.86. The van der Waals surface area contributed by atoms with Crippen molar-refractivity contribution in [1.29, 1.82) is 0 Å². The minimum Gasteiger partial charge on any atom is -0.370 e. The van der Waals surface area contributed by atoms with Crippen LogP contribution in [0.1, 0.15) is 39.0 Å². The lowest BCUT2D eigenvalue weighted by Gasteiger charge is -2.17. The average molecular weight is 140 g/mol. The predicted octanol–water partition coefficient (Wildman–Crippen LogP) is 2.35. The Bertz CT molecular complexity index is 122. The van der Waals surface area contributed by atoms with Gasteiger partial charge in [-0.1, -0.05) is 19.8 Å². The van der Waals surface area contributed by atoms with E-state index in [1.165, 1.54) is 32.1 Å². The van der Waals surface area contributed by atoms with Crippen LogP contribution in [-0.4, -0.2) is 12.2 Å². The highest BCUT2D eigenvalue weighted by Crippen LogP contribution is 2.40. The van der Waals surface area contributed by atoms with Crippen LogP contribution >= 0.6 is 0 Å². The quantitative estimate of drug-likeness (QED) is 0.536. The summed E-state index contributed by atoms with van der Waals surface area (Å²) in [7, 11) is 0. The summed E-state index contributed by atoms with van der Waals surface area (Å²) in [5, 5.41) is 0. The first-order chi connectivity index (χ1) is 4.90. The number of hydrogen-bond acceptors (Lipinski definition) is 1. The Morgan fingerprint density at radius 2 is 2.20 bits per heavy atom. The van der Waals surface area contributed by atoms with E-state index in [9.17, 15) is 0 Å². The summed E-state index contributed by atoms with van der Waals surface area (Å²) in [6.45, 7) is 2.28. The zero-order chi connectivity index (χ0) is 6.97. The van der Waals surface area contributed by atoms with Gasteiger partial charge < -0.3 is 4.74 Å². The molecule has 1 heterocycles. The molecule has 1 nitrogen and oxygen atoms in total. The molecule has 1 heteroatoms. The van der Waals surface area contributed by atoms with Crippen LogP contribution in [0.2, 0.25) is 0 Å². The van der Waals surface area contributed by atoms with Gasteiger partial charge >= 0.3 is 0 Å². The number of rotatable bonds is 2. The Balaban J connectivity index is 1.77. The molecule has 0 aromatic heterocycles. The van der Waals surface area contributed by atoms with Crippen molar-refractivity contribution in [2.75, 3.05) is 0 Å². The first-order valence-corrected chi connectivity index (χ1v) is 4.55. The van der Waals surface area contributed by atoms with Crippen LogP contribution < -0.4 is 0 Å². The fraction of sp³-hybridized carbons (Fsp3) is 1.00. The number of fused-ring (bicyclic) bond motifs is 1. The second-order valence-electron chi connectivity index (χ2n) is 3.68. The van der Waals surface area contributed by atoms with Gasteiger partial charge in [-0.25, -0.2) is 0 Å². The van der Waals surface area contributed by atoms with E-state index >= 15 is 0 Å². The molecule has 0 radical (unpaired) electrons. The van der Waals surface area contributed by atoms with E-state index in [0.717, 1.165) is 5.92 Å². The van der Waals surface area contributed by atoms with Gasteiger partial charge in [-0.15, -0.1) is 0 Å². The fourth-order valence-corrected chi connectivity index (χ4v) is 2.16. The summed E-state index contributed by atoms with van der Waals surface area (Å²) >= 11 is 0. The largest absolute Gasteiger partial charge is 0.370 e. The summed E-state index contributed by atoms with van der Waals surface area (Å²) in [5.41, 5.74) is 0. The molecule has 0 N–H and O–H groups in total. The SMILES string of the molecule is CCC[C@@H]1CCC2OC2C1. The second kappa shape index (κ2) is 2.54. The molecule has 1 aliphatic heterocycles. The van der Waals surface area contributed by atoms with Gasteiger partial charge in [0.25, 0.3) is 0 Å². The van der Waals surface area contributed by atoms with Crippen molar-refractivity contribution < 1.29 is 4.74 Å². The van der Waals surface area contributed by atoms with Crippen molar-refractivity contribution in [2.24, 2.45) is 5.92 Å². The van der Waals surface area contributed by atoms with Crippen LogP contribution in [0.4, 0.5) is 0 Å². The van der Waals surface area contributed by atoms with Crippen LogP contribution in [0.5, 0.6) is 0 Å². The van der Waals surface area contributed by atoms with Crippen LogP contribution in [0.15, 0.2) is 0 Å². The number of hydrogen-bond donors (Lipinski definition) is 0. The standard InChI is InChI=1S/C9H16O/c1-2-3-7-4-5-8-9(6-7)10-8/h7-9H,2-6H2,1H3/t7-,8?,9?/m1/s1. The molecule has 10 heavy (non-hydrogen) atoms. The van der Waals surface area contributed by atoms with Gasteiger partial charge in [0.15, 0.2) is 0 Å². The summed E-state index contributed by atoms with van der Waals surface area (Å²) in [6, 6.07) is 0. The van der Waals surface area contributed by atoms with E-state index in [-0.39, 0.29) is 0 Å². The Hall–Kier alpha value is -0.0400. The normalized spacial score (nSPS) is 44.7. The molecule has 0 aromatic rings. The van der Waals surface area contributed by atoms with E-state index in [1.807, 2.05) is 0 Å². The highest BCUT2D eigenvalue weighted by atomic mass is 16.6. The molecule has 0 amide bonds. The van der Waals surface area contributed by atoms with Crippen molar-refractivity contribution in [1.82, 2.24) is 0 Å². The van der Waals surface area contributed by atoms with Gasteiger partial charge in [-0.3, -0.25) is 0 Å². The maximum atomic E-state index is 5.45. The average Bonchev–Trinajstić information content (AvgIpc) is 2.66. The Morgan fingerprint density at radius 1 is 1.30 bits per heavy atom. The molecule has 3 atom stereocenters. The zero-order valence-electron chi connectivity index (χ0n) is 6.68. The summed E-state index contributed by atoms with van der Waals surface area (Å²) in [5.74, 6) is 0.994. The fourth-order valence-electron chi connectivity index (χ4n) is 2.16. The molecule has 2 aliphatic rings.